The van der Waals surface area contributed by atoms with E-state index in [1.54, 1.807) is 12.1 Å². The first kappa shape index (κ1) is 15.4. The van der Waals surface area contributed by atoms with Crippen LogP contribution in [0.15, 0.2) is 40.9 Å². The van der Waals surface area contributed by atoms with Gasteiger partial charge in [-0.25, -0.2) is 0 Å². The van der Waals surface area contributed by atoms with Crippen LogP contribution >= 0.6 is 15.9 Å². The van der Waals surface area contributed by atoms with Crippen LogP contribution in [0.3, 0.4) is 0 Å². The van der Waals surface area contributed by atoms with Crippen LogP contribution in [0.2, 0.25) is 0 Å². The standard InChI is InChI=1S/C15H17BrN4O/c1-2-3-9-17-15(21)13-7-8-14(20-19-13)18-12-6-4-5-11(16)10-12/h4-8,10H,2-3,9H2,1H3,(H,17,21)(H,18,20). The number of nitrogens with zero attached hydrogens (tertiary/aromatic N) is 2. The third-order valence-electron chi connectivity index (χ3n) is 2.81. The van der Waals surface area contributed by atoms with Crippen molar-refractivity contribution in [2.45, 2.75) is 19.8 Å². The van der Waals surface area contributed by atoms with E-state index in [1.165, 1.54) is 0 Å². The summed E-state index contributed by atoms with van der Waals surface area (Å²) < 4.78 is 0.979. The van der Waals surface area contributed by atoms with Gasteiger partial charge >= 0.3 is 0 Å². The molecule has 0 aliphatic rings. The van der Waals surface area contributed by atoms with E-state index in [0.29, 0.717) is 18.1 Å². The van der Waals surface area contributed by atoms with E-state index in [1.807, 2.05) is 24.3 Å². The van der Waals surface area contributed by atoms with E-state index in [0.717, 1.165) is 23.0 Å². The molecule has 2 aromatic rings. The number of hydrogen-bond acceptors (Lipinski definition) is 4. The second-order valence-corrected chi connectivity index (χ2v) is 5.46. The summed E-state index contributed by atoms with van der Waals surface area (Å²) in [6, 6.07) is 11.1. The van der Waals surface area contributed by atoms with Crippen molar-refractivity contribution in [3.8, 4) is 0 Å². The molecule has 1 aromatic heterocycles. The quantitative estimate of drug-likeness (QED) is 0.784. The van der Waals surface area contributed by atoms with Gasteiger partial charge in [-0.3, -0.25) is 4.79 Å². The molecule has 5 nitrogen and oxygen atoms in total. The van der Waals surface area contributed by atoms with Crippen LogP contribution in [-0.4, -0.2) is 22.6 Å². The van der Waals surface area contributed by atoms with Crippen molar-refractivity contribution in [3.05, 3.63) is 46.6 Å². The first-order valence-corrected chi connectivity index (χ1v) is 7.63. The third kappa shape index (κ3) is 4.82. The Balaban J connectivity index is 1.97. The van der Waals surface area contributed by atoms with Crippen molar-refractivity contribution in [1.29, 1.82) is 0 Å². The summed E-state index contributed by atoms with van der Waals surface area (Å²) in [7, 11) is 0. The maximum atomic E-state index is 11.8. The van der Waals surface area contributed by atoms with Gasteiger partial charge in [0, 0.05) is 16.7 Å². The number of hydrogen-bond donors (Lipinski definition) is 2. The van der Waals surface area contributed by atoms with Crippen LogP contribution in [0.1, 0.15) is 30.3 Å². The fraction of sp³-hybridized carbons (Fsp3) is 0.267. The lowest BCUT2D eigenvalue weighted by Crippen LogP contribution is -2.25. The minimum Gasteiger partial charge on any atom is -0.351 e. The third-order valence-corrected chi connectivity index (χ3v) is 3.30. The highest BCUT2D eigenvalue weighted by atomic mass is 79.9. The summed E-state index contributed by atoms with van der Waals surface area (Å²) in [5.74, 6) is 0.406. The Labute approximate surface area is 132 Å². The second-order valence-electron chi connectivity index (χ2n) is 4.55. The van der Waals surface area contributed by atoms with Gasteiger partial charge in [0.1, 0.15) is 0 Å². The van der Waals surface area contributed by atoms with Crippen molar-refractivity contribution in [1.82, 2.24) is 15.5 Å². The Hall–Kier alpha value is -1.95. The molecule has 0 saturated carbocycles. The predicted molar refractivity (Wildman–Crippen MR) is 86.7 cm³/mol. The van der Waals surface area contributed by atoms with Gasteiger partial charge in [-0.05, 0) is 36.8 Å². The Kier molecular flexibility index (Phi) is 5.68. The maximum Gasteiger partial charge on any atom is 0.271 e. The van der Waals surface area contributed by atoms with E-state index >= 15 is 0 Å². The molecule has 0 unspecified atom stereocenters. The molecule has 2 N–H and O–H groups in total. The van der Waals surface area contributed by atoms with Crippen LogP contribution < -0.4 is 10.6 Å². The largest absolute Gasteiger partial charge is 0.351 e. The van der Waals surface area contributed by atoms with Crippen molar-refractivity contribution in [2.75, 3.05) is 11.9 Å². The molecule has 0 radical (unpaired) electrons. The predicted octanol–water partition coefficient (Wildman–Crippen LogP) is 3.51. The number of amides is 1. The molecule has 1 amide bonds. The summed E-state index contributed by atoms with van der Waals surface area (Å²) in [6.45, 7) is 2.74. The van der Waals surface area contributed by atoms with Crippen LogP contribution in [0, 0.1) is 0 Å². The smallest absolute Gasteiger partial charge is 0.271 e. The molecule has 1 aromatic carbocycles. The molecule has 110 valence electrons. The maximum absolute atomic E-state index is 11.8. The summed E-state index contributed by atoms with van der Waals surface area (Å²) in [5, 5.41) is 13.9. The lowest BCUT2D eigenvalue weighted by molar-refractivity contribution is 0.0947. The normalized spacial score (nSPS) is 10.2. The van der Waals surface area contributed by atoms with Crippen LogP contribution in [0.4, 0.5) is 11.5 Å². The number of rotatable bonds is 6. The van der Waals surface area contributed by atoms with Gasteiger partial charge in [0.2, 0.25) is 0 Å². The first-order valence-electron chi connectivity index (χ1n) is 6.83. The van der Waals surface area contributed by atoms with E-state index in [4.69, 9.17) is 0 Å². The molecule has 6 heteroatoms. The van der Waals surface area contributed by atoms with Crippen LogP contribution in [0.25, 0.3) is 0 Å². The average molecular weight is 349 g/mol. The highest BCUT2D eigenvalue weighted by Gasteiger charge is 2.07. The zero-order valence-electron chi connectivity index (χ0n) is 11.8. The topological polar surface area (TPSA) is 66.9 Å². The van der Waals surface area contributed by atoms with Gasteiger partial charge in [-0.15, -0.1) is 10.2 Å². The minimum atomic E-state index is -0.190. The number of unbranched alkanes of at least 4 members (excludes halogenated alkanes) is 1. The van der Waals surface area contributed by atoms with E-state index in [9.17, 15) is 4.79 Å². The molecule has 21 heavy (non-hydrogen) atoms. The molecule has 0 atom stereocenters. The molecule has 0 aliphatic heterocycles. The van der Waals surface area contributed by atoms with E-state index in [-0.39, 0.29) is 5.91 Å². The molecule has 0 bridgehead atoms. The number of carbonyl (C=O) groups excluding carboxylic acids is 1. The summed E-state index contributed by atoms with van der Waals surface area (Å²) in [6.07, 6.45) is 2.00. The van der Waals surface area contributed by atoms with Gasteiger partial charge in [0.15, 0.2) is 11.5 Å². The number of halogens is 1. The zero-order chi connectivity index (χ0) is 15.1. The fourth-order valence-electron chi connectivity index (χ4n) is 1.70. The number of carbonyl (C=O) groups is 1. The summed E-state index contributed by atoms with van der Waals surface area (Å²) >= 11 is 3.41. The van der Waals surface area contributed by atoms with E-state index in [2.05, 4.69) is 43.7 Å². The average Bonchev–Trinajstić information content (AvgIpc) is 2.48. The van der Waals surface area contributed by atoms with Gasteiger partial charge in [-0.2, -0.15) is 0 Å². The molecule has 0 fully saturated rings. The Morgan fingerprint density at radius 1 is 1.24 bits per heavy atom. The molecular weight excluding hydrogens is 332 g/mol. The highest BCUT2D eigenvalue weighted by Crippen LogP contribution is 2.18. The number of anilines is 2. The number of aromatic nitrogens is 2. The number of nitrogens with one attached hydrogen (secondary N) is 2. The van der Waals surface area contributed by atoms with E-state index < -0.39 is 0 Å². The minimum absolute atomic E-state index is 0.190. The molecule has 2 rings (SSSR count). The van der Waals surface area contributed by atoms with Crippen LogP contribution in [-0.2, 0) is 0 Å². The second kappa shape index (κ2) is 7.73. The monoisotopic (exact) mass is 348 g/mol. The van der Waals surface area contributed by atoms with Crippen molar-refractivity contribution < 1.29 is 4.79 Å². The molecule has 0 spiro atoms. The zero-order valence-corrected chi connectivity index (χ0v) is 13.4. The van der Waals surface area contributed by atoms with Crippen molar-refractivity contribution in [3.63, 3.8) is 0 Å². The lowest BCUT2D eigenvalue weighted by atomic mass is 10.3. The molecule has 1 heterocycles. The van der Waals surface area contributed by atoms with Gasteiger partial charge < -0.3 is 10.6 Å². The Bertz CT molecular complexity index is 601. The van der Waals surface area contributed by atoms with Gasteiger partial charge in [0.25, 0.3) is 5.91 Å². The van der Waals surface area contributed by atoms with Gasteiger partial charge in [-0.1, -0.05) is 35.3 Å². The Morgan fingerprint density at radius 2 is 2.10 bits per heavy atom. The first-order chi connectivity index (χ1) is 10.2. The van der Waals surface area contributed by atoms with Crippen molar-refractivity contribution in [2.24, 2.45) is 0 Å². The highest BCUT2D eigenvalue weighted by molar-refractivity contribution is 9.10. The van der Waals surface area contributed by atoms with Crippen molar-refractivity contribution >= 4 is 33.3 Å². The number of benzene rings is 1. The molecule has 0 saturated heterocycles. The fourth-order valence-corrected chi connectivity index (χ4v) is 2.10. The molecular formula is C15H17BrN4O. The summed E-state index contributed by atoms with van der Waals surface area (Å²) in [5.41, 5.74) is 1.23. The molecule has 0 aliphatic carbocycles. The Morgan fingerprint density at radius 3 is 2.76 bits per heavy atom. The van der Waals surface area contributed by atoms with Crippen LogP contribution in [0.5, 0.6) is 0 Å². The summed E-state index contributed by atoms with van der Waals surface area (Å²) in [4.78, 5) is 11.8. The van der Waals surface area contributed by atoms with Gasteiger partial charge in [0.05, 0.1) is 0 Å². The lowest BCUT2D eigenvalue weighted by Gasteiger charge is -2.06. The SMILES string of the molecule is CCCCNC(=O)c1ccc(Nc2cccc(Br)c2)nn1.